The second-order valence-corrected chi connectivity index (χ2v) is 2.47. The molecule has 0 saturated carbocycles. The number of nitrogens with one attached hydrogen (secondary N) is 1. The van der Waals surface area contributed by atoms with Crippen LogP contribution in [0.2, 0.25) is 0 Å². The first-order chi connectivity index (χ1) is 7.19. The second-order valence-electron chi connectivity index (χ2n) is 2.47. The molecule has 84 valence electrons. The van der Waals surface area contributed by atoms with Crippen LogP contribution in [0.15, 0.2) is 18.2 Å². The van der Waals surface area contributed by atoms with Gasteiger partial charge in [-0.2, -0.15) is 0 Å². The number of hydrogen-bond acceptors (Lipinski definition) is 3. The van der Waals surface area contributed by atoms with E-state index in [1.54, 1.807) is 13.1 Å². The standard InChI is InChI=1S/C9H11NO3.C2H6/c1-10-7-4-3-6(9(11)12)5-8(7)13-2;1-2/h3-5,10H,1-2H3,(H,11,12);1-2H3. The highest BCUT2D eigenvalue weighted by molar-refractivity contribution is 5.89. The minimum absolute atomic E-state index is 0.218. The van der Waals surface area contributed by atoms with Crippen molar-refractivity contribution in [3.63, 3.8) is 0 Å². The summed E-state index contributed by atoms with van der Waals surface area (Å²) in [5.74, 6) is -0.427. The highest BCUT2D eigenvalue weighted by Gasteiger charge is 2.07. The first-order valence-electron chi connectivity index (χ1n) is 4.78. The van der Waals surface area contributed by atoms with Crippen molar-refractivity contribution in [1.29, 1.82) is 0 Å². The van der Waals surface area contributed by atoms with Gasteiger partial charge in [-0.3, -0.25) is 0 Å². The van der Waals surface area contributed by atoms with Gasteiger partial charge in [0.25, 0.3) is 0 Å². The van der Waals surface area contributed by atoms with Crippen molar-refractivity contribution in [2.45, 2.75) is 13.8 Å². The van der Waals surface area contributed by atoms with Gasteiger partial charge in [0, 0.05) is 7.05 Å². The Morgan fingerprint density at radius 1 is 1.40 bits per heavy atom. The van der Waals surface area contributed by atoms with Crippen molar-refractivity contribution in [2.24, 2.45) is 0 Å². The molecule has 0 radical (unpaired) electrons. The molecule has 0 aliphatic carbocycles. The fraction of sp³-hybridized carbons (Fsp3) is 0.364. The molecule has 2 N–H and O–H groups in total. The summed E-state index contributed by atoms with van der Waals surface area (Å²) in [5, 5.41) is 11.6. The summed E-state index contributed by atoms with van der Waals surface area (Å²) >= 11 is 0. The van der Waals surface area contributed by atoms with Gasteiger partial charge >= 0.3 is 5.97 Å². The van der Waals surface area contributed by atoms with Crippen molar-refractivity contribution in [1.82, 2.24) is 0 Å². The monoisotopic (exact) mass is 211 g/mol. The van der Waals surface area contributed by atoms with E-state index in [1.165, 1.54) is 19.2 Å². The number of rotatable bonds is 3. The minimum atomic E-state index is -0.957. The summed E-state index contributed by atoms with van der Waals surface area (Å²) in [5.41, 5.74) is 0.989. The second kappa shape index (κ2) is 6.70. The van der Waals surface area contributed by atoms with Crippen molar-refractivity contribution >= 4 is 11.7 Å². The third-order valence-corrected chi connectivity index (χ3v) is 1.72. The quantitative estimate of drug-likeness (QED) is 0.806. The molecule has 0 heterocycles. The number of ether oxygens (including phenoxy) is 1. The third-order valence-electron chi connectivity index (χ3n) is 1.72. The van der Waals surface area contributed by atoms with E-state index in [1.807, 2.05) is 13.8 Å². The van der Waals surface area contributed by atoms with E-state index < -0.39 is 5.97 Å². The molecule has 4 nitrogen and oxygen atoms in total. The zero-order valence-electron chi connectivity index (χ0n) is 9.50. The summed E-state index contributed by atoms with van der Waals surface area (Å²) in [6, 6.07) is 4.67. The van der Waals surface area contributed by atoms with Crippen LogP contribution in [0.4, 0.5) is 5.69 Å². The summed E-state index contributed by atoms with van der Waals surface area (Å²) in [7, 11) is 3.25. The Kier molecular flexibility index (Phi) is 5.94. The van der Waals surface area contributed by atoms with Crippen LogP contribution in [-0.2, 0) is 0 Å². The number of aromatic carboxylic acids is 1. The van der Waals surface area contributed by atoms with Crippen LogP contribution in [0.3, 0.4) is 0 Å². The lowest BCUT2D eigenvalue weighted by molar-refractivity contribution is 0.0696. The molecule has 0 aromatic heterocycles. The molecule has 0 bridgehead atoms. The van der Waals surface area contributed by atoms with Crippen LogP contribution in [0.5, 0.6) is 5.75 Å². The number of benzene rings is 1. The molecule has 0 unspecified atom stereocenters. The average Bonchev–Trinajstić information content (AvgIpc) is 2.30. The van der Waals surface area contributed by atoms with Crippen LogP contribution < -0.4 is 10.1 Å². The zero-order valence-corrected chi connectivity index (χ0v) is 9.50. The fourth-order valence-corrected chi connectivity index (χ4v) is 1.03. The third kappa shape index (κ3) is 3.50. The number of hydrogen-bond donors (Lipinski definition) is 2. The SMILES string of the molecule is CC.CNc1ccc(C(=O)O)cc1OC. The van der Waals surface area contributed by atoms with Gasteiger partial charge in [0.2, 0.25) is 0 Å². The number of carboxylic acids is 1. The molecule has 0 atom stereocenters. The Balaban J connectivity index is 0.000000921. The fourth-order valence-electron chi connectivity index (χ4n) is 1.03. The van der Waals surface area contributed by atoms with E-state index in [4.69, 9.17) is 9.84 Å². The first-order valence-corrected chi connectivity index (χ1v) is 4.78. The largest absolute Gasteiger partial charge is 0.495 e. The number of methoxy groups -OCH3 is 1. The Morgan fingerprint density at radius 3 is 2.40 bits per heavy atom. The van der Waals surface area contributed by atoms with Crippen molar-refractivity contribution in [3.8, 4) is 5.75 Å². The molecular formula is C11H17NO3. The van der Waals surface area contributed by atoms with Gasteiger partial charge in [0.05, 0.1) is 18.4 Å². The summed E-state index contributed by atoms with van der Waals surface area (Å²) < 4.78 is 5.00. The molecular weight excluding hydrogens is 194 g/mol. The molecule has 1 aromatic rings. The number of carboxylic acid groups (broad SMARTS) is 1. The zero-order chi connectivity index (χ0) is 11.8. The van der Waals surface area contributed by atoms with Gasteiger partial charge in [0.1, 0.15) is 5.75 Å². The Hall–Kier alpha value is -1.71. The van der Waals surface area contributed by atoms with E-state index in [-0.39, 0.29) is 5.56 Å². The molecule has 0 amide bonds. The van der Waals surface area contributed by atoms with Gasteiger partial charge < -0.3 is 15.2 Å². The van der Waals surface area contributed by atoms with Crippen molar-refractivity contribution < 1.29 is 14.6 Å². The van der Waals surface area contributed by atoms with Crippen LogP contribution in [0, 0.1) is 0 Å². The van der Waals surface area contributed by atoms with Crippen LogP contribution in [0.25, 0.3) is 0 Å². The maximum Gasteiger partial charge on any atom is 0.335 e. The molecule has 0 aliphatic rings. The topological polar surface area (TPSA) is 58.6 Å². The summed E-state index contributed by atoms with van der Waals surface area (Å²) in [6.45, 7) is 4.00. The lowest BCUT2D eigenvalue weighted by atomic mass is 10.2. The highest BCUT2D eigenvalue weighted by Crippen LogP contribution is 2.24. The lowest BCUT2D eigenvalue weighted by Crippen LogP contribution is -1.99. The lowest BCUT2D eigenvalue weighted by Gasteiger charge is -2.07. The summed E-state index contributed by atoms with van der Waals surface area (Å²) in [6.07, 6.45) is 0. The number of carbonyl (C=O) groups is 1. The average molecular weight is 211 g/mol. The van der Waals surface area contributed by atoms with Crippen LogP contribution in [-0.4, -0.2) is 25.2 Å². The maximum atomic E-state index is 10.6. The molecule has 0 saturated heterocycles. The van der Waals surface area contributed by atoms with Crippen LogP contribution >= 0.6 is 0 Å². The maximum absolute atomic E-state index is 10.6. The predicted octanol–water partition coefficient (Wildman–Crippen LogP) is 2.46. The van der Waals surface area contributed by atoms with Gasteiger partial charge in [-0.15, -0.1) is 0 Å². The van der Waals surface area contributed by atoms with E-state index >= 15 is 0 Å². The summed E-state index contributed by atoms with van der Waals surface area (Å²) in [4.78, 5) is 10.6. The molecule has 0 spiro atoms. The van der Waals surface area contributed by atoms with Gasteiger partial charge in [-0.1, -0.05) is 13.8 Å². The highest BCUT2D eigenvalue weighted by atomic mass is 16.5. The molecule has 1 aromatic carbocycles. The van der Waals surface area contributed by atoms with Gasteiger partial charge in [-0.05, 0) is 18.2 Å². The molecule has 4 heteroatoms. The minimum Gasteiger partial charge on any atom is -0.495 e. The first kappa shape index (κ1) is 13.3. The Morgan fingerprint density at radius 2 is 2.00 bits per heavy atom. The molecule has 0 aliphatic heterocycles. The Labute approximate surface area is 89.9 Å². The van der Waals surface area contributed by atoms with Crippen LogP contribution in [0.1, 0.15) is 24.2 Å². The van der Waals surface area contributed by atoms with Crippen molar-refractivity contribution in [2.75, 3.05) is 19.5 Å². The predicted molar refractivity (Wildman–Crippen MR) is 60.8 cm³/mol. The Bertz CT molecular complexity index is 324. The normalized spacial score (nSPS) is 8.53. The number of anilines is 1. The van der Waals surface area contributed by atoms with E-state index in [0.717, 1.165) is 5.69 Å². The van der Waals surface area contributed by atoms with E-state index in [2.05, 4.69) is 5.32 Å². The van der Waals surface area contributed by atoms with Gasteiger partial charge in [0.15, 0.2) is 0 Å². The molecule has 1 rings (SSSR count). The smallest absolute Gasteiger partial charge is 0.335 e. The molecule has 0 fully saturated rings. The van der Waals surface area contributed by atoms with E-state index in [0.29, 0.717) is 5.75 Å². The van der Waals surface area contributed by atoms with E-state index in [9.17, 15) is 4.79 Å². The van der Waals surface area contributed by atoms with Crippen molar-refractivity contribution in [3.05, 3.63) is 23.8 Å². The van der Waals surface area contributed by atoms with Gasteiger partial charge in [-0.25, -0.2) is 4.79 Å². The molecule has 15 heavy (non-hydrogen) atoms.